The molecule has 0 radical (unpaired) electrons. The summed E-state index contributed by atoms with van der Waals surface area (Å²) in [5, 5.41) is 6.55. The van der Waals surface area contributed by atoms with E-state index in [1.807, 2.05) is 31.2 Å². The number of imide groups is 1. The van der Waals surface area contributed by atoms with Crippen LogP contribution in [0.15, 0.2) is 29.1 Å². The van der Waals surface area contributed by atoms with Crippen molar-refractivity contribution < 1.29 is 9.59 Å². The molecule has 3 rings (SSSR count). The van der Waals surface area contributed by atoms with Crippen molar-refractivity contribution in [3.63, 3.8) is 0 Å². The molecule has 0 aliphatic carbocycles. The number of rotatable bonds is 2. The smallest absolute Gasteiger partial charge is 0.295 e. The van der Waals surface area contributed by atoms with Crippen LogP contribution < -0.4 is 11.0 Å². The summed E-state index contributed by atoms with van der Waals surface area (Å²) in [7, 11) is 1.62. The van der Waals surface area contributed by atoms with Gasteiger partial charge in [0.2, 0.25) is 5.91 Å². The third-order valence-electron chi connectivity index (χ3n) is 3.82. The van der Waals surface area contributed by atoms with Crippen molar-refractivity contribution in [3.8, 4) is 11.4 Å². The SMILES string of the molecule is Cc1ccc(-c2nn(C3CCC(=O)NC3=O)c(=O)n2C)cc1. The topological polar surface area (TPSA) is 86.0 Å². The van der Waals surface area contributed by atoms with Crippen LogP contribution in [-0.4, -0.2) is 26.2 Å². The number of piperidine rings is 1. The highest BCUT2D eigenvalue weighted by Gasteiger charge is 2.31. The number of hydrogen-bond acceptors (Lipinski definition) is 4. The third kappa shape index (κ3) is 2.34. The van der Waals surface area contributed by atoms with Crippen LogP contribution in [0.3, 0.4) is 0 Å². The molecule has 0 saturated carbocycles. The maximum atomic E-state index is 12.4. The van der Waals surface area contributed by atoms with E-state index in [4.69, 9.17) is 0 Å². The lowest BCUT2D eigenvalue weighted by Gasteiger charge is -2.19. The number of amides is 2. The highest BCUT2D eigenvalue weighted by Crippen LogP contribution is 2.20. The van der Waals surface area contributed by atoms with Crippen molar-refractivity contribution in [1.29, 1.82) is 0 Å². The van der Waals surface area contributed by atoms with Gasteiger partial charge in [-0.15, -0.1) is 5.10 Å². The summed E-state index contributed by atoms with van der Waals surface area (Å²) in [6.07, 6.45) is 0.494. The van der Waals surface area contributed by atoms with Crippen LogP contribution in [0.1, 0.15) is 24.4 Å². The lowest BCUT2D eigenvalue weighted by atomic mass is 10.1. The number of benzene rings is 1. The molecule has 22 heavy (non-hydrogen) atoms. The van der Waals surface area contributed by atoms with Gasteiger partial charge < -0.3 is 0 Å². The van der Waals surface area contributed by atoms with Crippen molar-refractivity contribution in [2.45, 2.75) is 25.8 Å². The summed E-state index contributed by atoms with van der Waals surface area (Å²) in [5.74, 6) is -0.300. The van der Waals surface area contributed by atoms with E-state index < -0.39 is 11.9 Å². The van der Waals surface area contributed by atoms with E-state index in [2.05, 4.69) is 10.4 Å². The first-order valence-electron chi connectivity index (χ1n) is 7.03. The molecule has 1 N–H and O–H groups in total. The summed E-state index contributed by atoms with van der Waals surface area (Å²) in [4.78, 5) is 35.5. The molecule has 7 heteroatoms. The van der Waals surface area contributed by atoms with Crippen molar-refractivity contribution in [1.82, 2.24) is 19.7 Å². The number of aromatic nitrogens is 3. The summed E-state index contributed by atoms with van der Waals surface area (Å²) in [6, 6.07) is 6.89. The van der Waals surface area contributed by atoms with Gasteiger partial charge in [-0.2, -0.15) is 0 Å². The van der Waals surface area contributed by atoms with Crippen molar-refractivity contribution in [3.05, 3.63) is 40.3 Å². The zero-order valence-electron chi connectivity index (χ0n) is 12.4. The number of aryl methyl sites for hydroxylation is 1. The molecule has 0 bridgehead atoms. The summed E-state index contributed by atoms with van der Waals surface area (Å²) >= 11 is 0. The van der Waals surface area contributed by atoms with Gasteiger partial charge in [0.15, 0.2) is 5.82 Å². The minimum absolute atomic E-state index is 0.208. The number of nitrogens with one attached hydrogen (secondary N) is 1. The molecule has 1 aliphatic heterocycles. The first kappa shape index (κ1) is 14.2. The van der Waals surface area contributed by atoms with E-state index in [9.17, 15) is 14.4 Å². The second-order valence-electron chi connectivity index (χ2n) is 5.44. The molecule has 1 aromatic heterocycles. The summed E-state index contributed by atoms with van der Waals surface area (Å²) in [5.41, 5.74) is 1.54. The fourth-order valence-corrected chi connectivity index (χ4v) is 2.53. The molecule has 0 spiro atoms. The summed E-state index contributed by atoms with van der Waals surface area (Å²) < 4.78 is 2.57. The largest absolute Gasteiger partial charge is 0.346 e. The maximum absolute atomic E-state index is 12.4. The van der Waals surface area contributed by atoms with E-state index in [0.29, 0.717) is 5.82 Å². The Kier molecular flexibility index (Phi) is 3.40. The predicted molar refractivity (Wildman–Crippen MR) is 79.1 cm³/mol. The van der Waals surface area contributed by atoms with Crippen LogP contribution >= 0.6 is 0 Å². The average Bonchev–Trinajstić information content (AvgIpc) is 2.77. The van der Waals surface area contributed by atoms with Crippen LogP contribution in [0.25, 0.3) is 11.4 Å². The highest BCUT2D eigenvalue weighted by atomic mass is 16.2. The lowest BCUT2D eigenvalue weighted by Crippen LogP contribution is -2.44. The Labute approximate surface area is 126 Å². The Morgan fingerprint density at radius 2 is 1.86 bits per heavy atom. The van der Waals surface area contributed by atoms with E-state index in [1.54, 1.807) is 7.05 Å². The first-order chi connectivity index (χ1) is 10.5. The molecule has 2 heterocycles. The van der Waals surface area contributed by atoms with Crippen LogP contribution in [0, 0.1) is 6.92 Å². The third-order valence-corrected chi connectivity index (χ3v) is 3.82. The van der Waals surface area contributed by atoms with Crippen molar-refractivity contribution in [2.24, 2.45) is 7.05 Å². The zero-order chi connectivity index (χ0) is 15.9. The van der Waals surface area contributed by atoms with Gasteiger partial charge in [-0.3, -0.25) is 19.5 Å². The van der Waals surface area contributed by atoms with Gasteiger partial charge in [0, 0.05) is 19.0 Å². The molecule has 7 nitrogen and oxygen atoms in total. The van der Waals surface area contributed by atoms with Gasteiger partial charge in [0.25, 0.3) is 5.91 Å². The molecule has 2 aromatic rings. The fraction of sp³-hybridized carbons (Fsp3) is 0.333. The molecule has 1 atom stereocenters. The lowest BCUT2D eigenvalue weighted by molar-refractivity contribution is -0.136. The molecule has 1 unspecified atom stereocenters. The Morgan fingerprint density at radius 1 is 1.18 bits per heavy atom. The fourth-order valence-electron chi connectivity index (χ4n) is 2.53. The number of carbonyl (C=O) groups excluding carboxylic acids is 2. The van der Waals surface area contributed by atoms with Crippen LogP contribution in [0.4, 0.5) is 0 Å². The molecular weight excluding hydrogens is 284 g/mol. The Balaban J connectivity index is 2.03. The average molecular weight is 300 g/mol. The van der Waals surface area contributed by atoms with Gasteiger partial charge in [-0.1, -0.05) is 29.8 Å². The zero-order valence-corrected chi connectivity index (χ0v) is 12.4. The molecule has 1 saturated heterocycles. The van der Waals surface area contributed by atoms with Crippen molar-refractivity contribution in [2.75, 3.05) is 0 Å². The molecule has 114 valence electrons. The quantitative estimate of drug-likeness (QED) is 0.820. The highest BCUT2D eigenvalue weighted by molar-refractivity contribution is 5.99. The Hall–Kier alpha value is -2.70. The molecule has 1 fully saturated rings. The Morgan fingerprint density at radius 3 is 2.50 bits per heavy atom. The second-order valence-corrected chi connectivity index (χ2v) is 5.44. The van der Waals surface area contributed by atoms with Crippen molar-refractivity contribution >= 4 is 11.8 Å². The van der Waals surface area contributed by atoms with Gasteiger partial charge in [-0.25, -0.2) is 9.48 Å². The van der Waals surface area contributed by atoms with Crippen LogP contribution in [0.5, 0.6) is 0 Å². The minimum atomic E-state index is -0.740. The monoisotopic (exact) mass is 300 g/mol. The van der Waals surface area contributed by atoms with E-state index in [1.165, 1.54) is 4.57 Å². The van der Waals surface area contributed by atoms with Gasteiger partial charge in [0.05, 0.1) is 0 Å². The molecular formula is C15H16N4O3. The first-order valence-corrected chi connectivity index (χ1v) is 7.03. The summed E-state index contributed by atoms with van der Waals surface area (Å²) in [6.45, 7) is 1.98. The molecule has 2 amide bonds. The van der Waals surface area contributed by atoms with E-state index >= 15 is 0 Å². The van der Waals surface area contributed by atoms with Gasteiger partial charge in [-0.05, 0) is 13.3 Å². The standard InChI is InChI=1S/C15H16N4O3/c1-9-3-5-10(6-4-9)13-17-19(15(22)18(13)2)11-7-8-12(20)16-14(11)21/h3-6,11H,7-8H2,1-2H3,(H,16,20,21). The van der Waals surface area contributed by atoms with E-state index in [-0.39, 0.29) is 24.4 Å². The predicted octanol–water partition coefficient (Wildman–Crippen LogP) is 0.535. The maximum Gasteiger partial charge on any atom is 0.346 e. The minimum Gasteiger partial charge on any atom is -0.295 e. The van der Waals surface area contributed by atoms with E-state index in [0.717, 1.165) is 15.8 Å². The molecule has 1 aliphatic rings. The van der Waals surface area contributed by atoms with Crippen LogP contribution in [-0.2, 0) is 16.6 Å². The van der Waals surface area contributed by atoms with Gasteiger partial charge in [0.1, 0.15) is 6.04 Å². The normalized spacial score (nSPS) is 18.4. The number of carbonyl (C=O) groups is 2. The number of nitrogens with zero attached hydrogens (tertiary/aromatic N) is 3. The number of hydrogen-bond donors (Lipinski definition) is 1. The molecule has 1 aromatic carbocycles. The second kappa shape index (κ2) is 5.25. The van der Waals surface area contributed by atoms with Crippen LogP contribution in [0.2, 0.25) is 0 Å². The van der Waals surface area contributed by atoms with Gasteiger partial charge >= 0.3 is 5.69 Å². The Bertz CT molecular complexity index is 801.